The summed E-state index contributed by atoms with van der Waals surface area (Å²) >= 11 is 12.1. The van der Waals surface area contributed by atoms with Crippen molar-refractivity contribution in [1.82, 2.24) is 10.2 Å². The molecule has 3 aromatic rings. The Labute approximate surface area is 126 Å². The lowest BCUT2D eigenvalue weighted by molar-refractivity contribution is 0.885. The molecule has 0 saturated carbocycles. The molecule has 1 atom stereocenters. The monoisotopic (exact) mass is 305 g/mol. The largest absolute Gasteiger partial charge is 0.378 e. The van der Waals surface area contributed by atoms with Crippen LogP contribution in [0.25, 0.3) is 10.9 Å². The Kier molecular flexibility index (Phi) is 3.55. The van der Waals surface area contributed by atoms with Crippen LogP contribution in [0.1, 0.15) is 18.5 Å². The van der Waals surface area contributed by atoms with Crippen molar-refractivity contribution >= 4 is 39.8 Å². The van der Waals surface area contributed by atoms with E-state index in [0.29, 0.717) is 10.0 Å². The zero-order chi connectivity index (χ0) is 14.1. The highest BCUT2D eigenvalue weighted by Crippen LogP contribution is 2.29. The van der Waals surface area contributed by atoms with Crippen LogP contribution in [0, 0.1) is 0 Å². The predicted molar refractivity (Wildman–Crippen MR) is 84.6 cm³/mol. The average molecular weight is 306 g/mol. The molecule has 0 amide bonds. The third-order valence-corrected chi connectivity index (χ3v) is 3.82. The predicted octanol–water partition coefficient (Wildman–Crippen LogP) is 5.04. The van der Waals surface area contributed by atoms with Crippen LogP contribution in [-0.2, 0) is 0 Å². The van der Waals surface area contributed by atoms with Crippen LogP contribution in [0.15, 0.2) is 42.6 Å². The van der Waals surface area contributed by atoms with Gasteiger partial charge in [-0.05, 0) is 42.8 Å². The van der Waals surface area contributed by atoms with E-state index in [9.17, 15) is 0 Å². The van der Waals surface area contributed by atoms with Gasteiger partial charge in [0, 0.05) is 27.2 Å². The van der Waals surface area contributed by atoms with Gasteiger partial charge in [-0.2, -0.15) is 5.10 Å². The van der Waals surface area contributed by atoms with Gasteiger partial charge in [0.25, 0.3) is 0 Å². The number of benzene rings is 2. The summed E-state index contributed by atoms with van der Waals surface area (Å²) in [4.78, 5) is 0. The van der Waals surface area contributed by atoms with E-state index >= 15 is 0 Å². The Morgan fingerprint density at radius 2 is 2.00 bits per heavy atom. The third kappa shape index (κ3) is 2.60. The highest BCUT2D eigenvalue weighted by Gasteiger charge is 2.10. The highest BCUT2D eigenvalue weighted by atomic mass is 35.5. The molecule has 1 aromatic heterocycles. The van der Waals surface area contributed by atoms with Crippen LogP contribution >= 0.6 is 23.2 Å². The van der Waals surface area contributed by atoms with E-state index in [1.165, 1.54) is 0 Å². The first kappa shape index (κ1) is 13.3. The molecule has 0 saturated heterocycles. The van der Waals surface area contributed by atoms with Gasteiger partial charge in [-0.1, -0.05) is 29.3 Å². The Morgan fingerprint density at radius 3 is 2.80 bits per heavy atom. The fourth-order valence-corrected chi connectivity index (χ4v) is 2.78. The van der Waals surface area contributed by atoms with E-state index < -0.39 is 0 Å². The molecule has 0 aliphatic carbocycles. The van der Waals surface area contributed by atoms with Crippen molar-refractivity contribution in [3.63, 3.8) is 0 Å². The zero-order valence-electron chi connectivity index (χ0n) is 10.8. The van der Waals surface area contributed by atoms with Gasteiger partial charge < -0.3 is 5.32 Å². The zero-order valence-corrected chi connectivity index (χ0v) is 12.3. The molecule has 3 rings (SSSR count). The lowest BCUT2D eigenvalue weighted by Crippen LogP contribution is -2.07. The van der Waals surface area contributed by atoms with Crippen LogP contribution < -0.4 is 5.32 Å². The number of anilines is 1. The van der Waals surface area contributed by atoms with Gasteiger partial charge in [0.15, 0.2) is 0 Å². The first-order valence-electron chi connectivity index (χ1n) is 6.28. The van der Waals surface area contributed by atoms with Crippen molar-refractivity contribution in [1.29, 1.82) is 0 Å². The van der Waals surface area contributed by atoms with Gasteiger partial charge in [0.05, 0.1) is 11.7 Å². The minimum atomic E-state index is 0.0835. The average Bonchev–Trinajstić information content (AvgIpc) is 2.85. The molecule has 0 radical (unpaired) electrons. The Morgan fingerprint density at radius 1 is 1.15 bits per heavy atom. The van der Waals surface area contributed by atoms with E-state index in [2.05, 4.69) is 22.4 Å². The van der Waals surface area contributed by atoms with Crippen molar-refractivity contribution in [2.24, 2.45) is 0 Å². The lowest BCUT2D eigenvalue weighted by atomic mass is 10.1. The fourth-order valence-electron chi connectivity index (χ4n) is 2.21. The molecule has 3 nitrogen and oxygen atoms in total. The van der Waals surface area contributed by atoms with Crippen molar-refractivity contribution < 1.29 is 0 Å². The summed E-state index contributed by atoms with van der Waals surface area (Å²) < 4.78 is 0. The van der Waals surface area contributed by atoms with E-state index in [-0.39, 0.29) is 6.04 Å². The maximum Gasteiger partial charge on any atom is 0.0670 e. The van der Waals surface area contributed by atoms with Gasteiger partial charge >= 0.3 is 0 Å². The number of rotatable bonds is 3. The summed E-state index contributed by atoms with van der Waals surface area (Å²) in [5.41, 5.74) is 3.03. The Balaban J connectivity index is 1.85. The molecular weight excluding hydrogens is 293 g/mol. The first-order valence-corrected chi connectivity index (χ1v) is 7.04. The van der Waals surface area contributed by atoms with E-state index in [1.54, 1.807) is 12.3 Å². The topological polar surface area (TPSA) is 40.7 Å². The smallest absolute Gasteiger partial charge is 0.0670 e. The summed E-state index contributed by atoms with van der Waals surface area (Å²) in [5, 5.41) is 12.8. The molecular formula is C15H13Cl2N3. The normalized spacial score (nSPS) is 12.6. The summed E-state index contributed by atoms with van der Waals surface area (Å²) in [6, 6.07) is 11.7. The van der Waals surface area contributed by atoms with Crippen LogP contribution in [0.4, 0.5) is 5.69 Å². The second-order valence-corrected chi connectivity index (χ2v) is 5.55. The summed E-state index contributed by atoms with van der Waals surface area (Å²) in [6.45, 7) is 2.06. The number of aromatic amines is 1. The number of hydrogen-bond acceptors (Lipinski definition) is 2. The lowest BCUT2D eigenvalue weighted by Gasteiger charge is -2.17. The maximum atomic E-state index is 6.23. The van der Waals surface area contributed by atoms with E-state index in [0.717, 1.165) is 22.2 Å². The number of H-pyrrole nitrogens is 1. The molecule has 0 aliphatic rings. The van der Waals surface area contributed by atoms with Crippen molar-refractivity contribution in [3.8, 4) is 0 Å². The highest BCUT2D eigenvalue weighted by molar-refractivity contribution is 6.35. The molecule has 0 bridgehead atoms. The number of hydrogen-bond donors (Lipinski definition) is 2. The van der Waals surface area contributed by atoms with Gasteiger partial charge in [0.1, 0.15) is 0 Å². The van der Waals surface area contributed by atoms with Gasteiger partial charge in [-0.3, -0.25) is 5.10 Å². The van der Waals surface area contributed by atoms with Crippen LogP contribution in [0.3, 0.4) is 0 Å². The number of fused-ring (bicyclic) bond motifs is 1. The minimum absolute atomic E-state index is 0.0835. The minimum Gasteiger partial charge on any atom is -0.378 e. The van der Waals surface area contributed by atoms with Crippen LogP contribution in [0.5, 0.6) is 0 Å². The molecule has 5 heteroatoms. The molecule has 0 aliphatic heterocycles. The van der Waals surface area contributed by atoms with E-state index in [1.807, 2.05) is 30.3 Å². The molecule has 20 heavy (non-hydrogen) atoms. The van der Waals surface area contributed by atoms with Gasteiger partial charge in [-0.15, -0.1) is 0 Å². The molecule has 1 heterocycles. The number of nitrogens with one attached hydrogen (secondary N) is 2. The summed E-state index contributed by atoms with van der Waals surface area (Å²) in [7, 11) is 0. The van der Waals surface area contributed by atoms with Crippen molar-refractivity contribution in [3.05, 3.63) is 58.2 Å². The van der Waals surface area contributed by atoms with Crippen molar-refractivity contribution in [2.45, 2.75) is 13.0 Å². The maximum absolute atomic E-state index is 6.23. The number of halogens is 2. The standard InChI is InChI=1S/C15H13Cl2N3/c1-9(13-5-3-11(16)6-14(13)17)19-12-4-2-10-8-18-20-15(10)7-12/h2-9,19H,1H3,(H,18,20). The first-order chi connectivity index (χ1) is 9.63. The fraction of sp³-hybridized carbons (Fsp3) is 0.133. The molecule has 0 fully saturated rings. The molecule has 2 aromatic carbocycles. The van der Waals surface area contributed by atoms with Crippen LogP contribution in [-0.4, -0.2) is 10.2 Å². The molecule has 0 spiro atoms. The number of aromatic nitrogens is 2. The quantitative estimate of drug-likeness (QED) is 0.711. The third-order valence-electron chi connectivity index (χ3n) is 3.25. The summed E-state index contributed by atoms with van der Waals surface area (Å²) in [5.74, 6) is 0. The second-order valence-electron chi connectivity index (χ2n) is 4.70. The molecule has 2 N–H and O–H groups in total. The Bertz CT molecular complexity index is 752. The Hall–Kier alpha value is -1.71. The summed E-state index contributed by atoms with van der Waals surface area (Å²) in [6.07, 6.45) is 1.80. The number of nitrogens with zero attached hydrogens (tertiary/aromatic N) is 1. The van der Waals surface area contributed by atoms with Crippen molar-refractivity contribution in [2.75, 3.05) is 5.32 Å². The molecule has 1 unspecified atom stereocenters. The molecule has 102 valence electrons. The second kappa shape index (κ2) is 5.35. The van der Waals surface area contributed by atoms with Gasteiger partial charge in [0.2, 0.25) is 0 Å². The van der Waals surface area contributed by atoms with Crippen LogP contribution in [0.2, 0.25) is 10.0 Å². The van der Waals surface area contributed by atoms with E-state index in [4.69, 9.17) is 23.2 Å². The SMILES string of the molecule is CC(Nc1ccc2cn[nH]c2c1)c1ccc(Cl)cc1Cl. The van der Waals surface area contributed by atoms with Gasteiger partial charge in [-0.25, -0.2) is 0 Å².